The number of likely N-dealkylation sites (N-methyl/N-ethyl adjacent to an activating group) is 1. The van der Waals surface area contributed by atoms with E-state index in [0.717, 1.165) is 5.69 Å². The number of nitrogens with zero attached hydrogens (tertiary/aromatic N) is 3. The minimum absolute atomic E-state index is 0.138. The molecule has 1 aromatic rings. The highest BCUT2D eigenvalue weighted by atomic mass is 16.5. The number of aromatic nitrogens is 2. The van der Waals surface area contributed by atoms with Gasteiger partial charge in [0.25, 0.3) is 5.91 Å². The fourth-order valence-electron chi connectivity index (χ4n) is 1.97. The maximum absolute atomic E-state index is 12.4. The van der Waals surface area contributed by atoms with E-state index < -0.39 is 6.10 Å². The first-order chi connectivity index (χ1) is 9.40. The predicted molar refractivity (Wildman–Crippen MR) is 76.8 cm³/mol. The smallest absolute Gasteiger partial charge is 0.271 e. The summed E-state index contributed by atoms with van der Waals surface area (Å²) in [6, 6.07) is 1.83. The van der Waals surface area contributed by atoms with Crippen LogP contribution in [0.25, 0.3) is 0 Å². The molecule has 0 aliphatic rings. The van der Waals surface area contributed by atoms with Gasteiger partial charge in [-0.1, -0.05) is 13.8 Å². The van der Waals surface area contributed by atoms with Crippen molar-refractivity contribution < 1.29 is 14.6 Å². The summed E-state index contributed by atoms with van der Waals surface area (Å²) in [5.74, 6) is 0.139. The molecule has 1 unspecified atom stereocenters. The Balaban J connectivity index is 2.85. The van der Waals surface area contributed by atoms with Crippen LogP contribution in [0.1, 0.15) is 42.9 Å². The van der Waals surface area contributed by atoms with Gasteiger partial charge in [-0.15, -0.1) is 0 Å². The van der Waals surface area contributed by atoms with Crippen LogP contribution in [0, 0.1) is 0 Å². The van der Waals surface area contributed by atoms with E-state index in [2.05, 4.69) is 5.10 Å². The molecule has 1 N–H and O–H groups in total. The number of hydrogen-bond donors (Lipinski definition) is 1. The van der Waals surface area contributed by atoms with E-state index in [1.54, 1.807) is 11.7 Å². The molecule has 20 heavy (non-hydrogen) atoms. The normalized spacial score (nSPS) is 12.8. The van der Waals surface area contributed by atoms with Crippen molar-refractivity contribution in [2.45, 2.75) is 39.3 Å². The number of hydrogen-bond acceptors (Lipinski definition) is 4. The van der Waals surface area contributed by atoms with Gasteiger partial charge in [-0.3, -0.25) is 9.48 Å². The van der Waals surface area contributed by atoms with Crippen molar-refractivity contribution in [1.82, 2.24) is 14.7 Å². The van der Waals surface area contributed by atoms with Crippen molar-refractivity contribution in [3.8, 4) is 0 Å². The molecular formula is C14H25N3O3. The highest BCUT2D eigenvalue weighted by Crippen LogP contribution is 2.16. The summed E-state index contributed by atoms with van der Waals surface area (Å²) in [5.41, 5.74) is 1.46. The zero-order valence-electron chi connectivity index (χ0n) is 13.0. The van der Waals surface area contributed by atoms with E-state index >= 15 is 0 Å². The lowest BCUT2D eigenvalue weighted by atomic mass is 10.1. The summed E-state index contributed by atoms with van der Waals surface area (Å²) in [6.07, 6.45) is -0.684. The van der Waals surface area contributed by atoms with Gasteiger partial charge in [0.15, 0.2) is 0 Å². The Morgan fingerprint density at radius 3 is 2.70 bits per heavy atom. The van der Waals surface area contributed by atoms with Crippen molar-refractivity contribution in [3.63, 3.8) is 0 Å². The largest absolute Gasteiger partial charge is 0.389 e. The Kier molecular flexibility index (Phi) is 6.16. The SMILES string of the molecule is CCn1nc(C(C)C)cc1C(=O)N(C)CC(O)COC. The second kappa shape index (κ2) is 7.40. The molecule has 114 valence electrons. The lowest BCUT2D eigenvalue weighted by Crippen LogP contribution is -2.37. The molecule has 0 spiro atoms. The van der Waals surface area contributed by atoms with Gasteiger partial charge in [-0.25, -0.2) is 0 Å². The predicted octanol–water partition coefficient (Wildman–Crippen LogP) is 1.11. The summed E-state index contributed by atoms with van der Waals surface area (Å²) >= 11 is 0. The van der Waals surface area contributed by atoms with Crippen molar-refractivity contribution >= 4 is 5.91 Å². The highest BCUT2D eigenvalue weighted by Gasteiger charge is 2.21. The van der Waals surface area contributed by atoms with E-state index in [4.69, 9.17) is 4.74 Å². The lowest BCUT2D eigenvalue weighted by Gasteiger charge is -2.20. The second-order valence-electron chi connectivity index (χ2n) is 5.22. The standard InChI is InChI=1S/C14H25N3O3/c1-6-17-13(7-12(15-17)10(2)3)14(19)16(4)8-11(18)9-20-5/h7,10-11,18H,6,8-9H2,1-5H3. The molecule has 0 aliphatic carbocycles. The molecule has 0 radical (unpaired) electrons. The fraction of sp³-hybridized carbons (Fsp3) is 0.714. The van der Waals surface area contributed by atoms with Crippen LogP contribution in [0.15, 0.2) is 6.07 Å². The Labute approximate surface area is 120 Å². The second-order valence-corrected chi connectivity index (χ2v) is 5.22. The monoisotopic (exact) mass is 283 g/mol. The first kappa shape index (κ1) is 16.7. The van der Waals surface area contributed by atoms with Crippen LogP contribution in [0.3, 0.4) is 0 Å². The number of aliphatic hydroxyl groups excluding tert-OH is 1. The summed E-state index contributed by atoms with van der Waals surface area (Å²) in [5, 5.41) is 14.1. The van der Waals surface area contributed by atoms with Gasteiger partial charge in [0, 0.05) is 27.2 Å². The summed E-state index contributed by atoms with van der Waals surface area (Å²) in [6.45, 7) is 7.13. The molecule has 1 heterocycles. The van der Waals surface area contributed by atoms with Crippen molar-refractivity contribution in [1.29, 1.82) is 0 Å². The van der Waals surface area contributed by atoms with Crippen LogP contribution in [-0.4, -0.2) is 59.1 Å². The fourth-order valence-corrected chi connectivity index (χ4v) is 1.97. The number of carbonyl (C=O) groups is 1. The molecule has 1 amide bonds. The maximum atomic E-state index is 12.4. The van der Waals surface area contributed by atoms with Gasteiger partial charge >= 0.3 is 0 Å². The molecule has 1 rings (SSSR count). The molecular weight excluding hydrogens is 258 g/mol. The maximum Gasteiger partial charge on any atom is 0.271 e. The molecule has 0 bridgehead atoms. The average molecular weight is 283 g/mol. The third kappa shape index (κ3) is 4.05. The molecule has 6 nitrogen and oxygen atoms in total. The number of ether oxygens (including phenoxy) is 1. The van der Waals surface area contributed by atoms with E-state index in [1.165, 1.54) is 12.0 Å². The van der Waals surface area contributed by atoms with Crippen LogP contribution in [0.4, 0.5) is 0 Å². The number of carbonyl (C=O) groups excluding carboxylic acids is 1. The molecule has 6 heteroatoms. The lowest BCUT2D eigenvalue weighted by molar-refractivity contribution is 0.0375. The number of amides is 1. The van der Waals surface area contributed by atoms with Crippen LogP contribution in [0.5, 0.6) is 0 Å². The van der Waals surface area contributed by atoms with E-state index in [1.807, 2.05) is 26.8 Å². The third-order valence-corrected chi connectivity index (χ3v) is 3.10. The number of rotatable bonds is 7. The van der Waals surface area contributed by atoms with Crippen molar-refractivity contribution in [2.24, 2.45) is 0 Å². The van der Waals surface area contributed by atoms with E-state index in [9.17, 15) is 9.90 Å². The van der Waals surface area contributed by atoms with Gasteiger partial charge < -0.3 is 14.7 Å². The Morgan fingerprint density at radius 1 is 1.55 bits per heavy atom. The van der Waals surface area contributed by atoms with E-state index in [-0.39, 0.29) is 25.0 Å². The molecule has 1 aromatic heterocycles. The van der Waals surface area contributed by atoms with Gasteiger partial charge in [0.2, 0.25) is 0 Å². The van der Waals surface area contributed by atoms with E-state index in [0.29, 0.717) is 12.2 Å². The van der Waals surface area contributed by atoms with Crippen LogP contribution in [0.2, 0.25) is 0 Å². The van der Waals surface area contributed by atoms with Crippen LogP contribution in [-0.2, 0) is 11.3 Å². The van der Waals surface area contributed by atoms with Gasteiger partial charge in [0.1, 0.15) is 5.69 Å². The van der Waals surface area contributed by atoms with Gasteiger partial charge in [-0.2, -0.15) is 5.10 Å². The molecule has 1 atom stereocenters. The number of aliphatic hydroxyl groups is 1. The Bertz CT molecular complexity index is 443. The van der Waals surface area contributed by atoms with Gasteiger partial charge in [0.05, 0.1) is 18.4 Å². The summed E-state index contributed by atoms with van der Waals surface area (Å²) < 4.78 is 6.57. The highest BCUT2D eigenvalue weighted by molar-refractivity contribution is 5.92. The molecule has 0 aromatic carbocycles. The average Bonchev–Trinajstić information content (AvgIpc) is 2.82. The molecule has 0 saturated heterocycles. The van der Waals surface area contributed by atoms with Crippen LogP contribution < -0.4 is 0 Å². The van der Waals surface area contributed by atoms with Crippen molar-refractivity contribution in [2.75, 3.05) is 27.3 Å². The minimum atomic E-state index is -0.684. The van der Waals surface area contributed by atoms with Gasteiger partial charge in [-0.05, 0) is 18.9 Å². The topological polar surface area (TPSA) is 67.6 Å². The zero-order chi connectivity index (χ0) is 15.3. The first-order valence-electron chi connectivity index (χ1n) is 6.90. The Morgan fingerprint density at radius 2 is 2.20 bits per heavy atom. The quantitative estimate of drug-likeness (QED) is 0.814. The molecule has 0 aliphatic heterocycles. The van der Waals surface area contributed by atoms with Crippen LogP contribution >= 0.6 is 0 Å². The summed E-state index contributed by atoms with van der Waals surface area (Å²) in [7, 11) is 3.19. The Hall–Kier alpha value is -1.40. The number of methoxy groups -OCH3 is 1. The number of aryl methyl sites for hydroxylation is 1. The first-order valence-corrected chi connectivity index (χ1v) is 6.90. The minimum Gasteiger partial charge on any atom is -0.389 e. The zero-order valence-corrected chi connectivity index (χ0v) is 13.0. The third-order valence-electron chi connectivity index (χ3n) is 3.10. The molecule has 0 fully saturated rings. The van der Waals surface area contributed by atoms with Crippen molar-refractivity contribution in [3.05, 3.63) is 17.5 Å². The summed E-state index contributed by atoms with van der Waals surface area (Å²) in [4.78, 5) is 13.9. The molecule has 0 saturated carbocycles.